The molecule has 3 atom stereocenters. The molecule has 82 valence electrons. The van der Waals surface area contributed by atoms with Gasteiger partial charge in [0, 0.05) is 0 Å². The highest BCUT2D eigenvalue weighted by atomic mass is 16.6. The summed E-state index contributed by atoms with van der Waals surface area (Å²) in [5.74, 6) is 0.611. The Labute approximate surface area is 92.5 Å². The number of hydrogen-bond donors (Lipinski definition) is 0. The second-order valence-electron chi connectivity index (χ2n) is 4.81. The molecule has 15 heavy (non-hydrogen) atoms. The van der Waals surface area contributed by atoms with Crippen LogP contribution >= 0.6 is 0 Å². The molecule has 0 aliphatic carbocycles. The summed E-state index contributed by atoms with van der Waals surface area (Å²) < 4.78 is 5.48. The van der Waals surface area contributed by atoms with Crippen LogP contribution in [0.25, 0.3) is 0 Å². The van der Waals surface area contributed by atoms with Gasteiger partial charge in [0.25, 0.3) is 0 Å². The molecule has 1 aromatic carbocycles. The maximum Gasteiger partial charge on any atom is 0.0844 e. The van der Waals surface area contributed by atoms with Crippen molar-refractivity contribution < 1.29 is 4.74 Å². The maximum absolute atomic E-state index is 5.48. The monoisotopic (exact) mass is 204 g/mol. The van der Waals surface area contributed by atoms with Crippen molar-refractivity contribution in [2.24, 2.45) is 0 Å². The van der Waals surface area contributed by atoms with Crippen LogP contribution < -0.4 is 0 Å². The molecule has 1 aromatic rings. The number of epoxide rings is 1. The Bertz CT molecular complexity index is 356. The summed E-state index contributed by atoms with van der Waals surface area (Å²) in [6.07, 6.45) is 2.14. The summed E-state index contributed by atoms with van der Waals surface area (Å²) in [5.41, 5.74) is 4.32. The second kappa shape index (κ2) is 3.97. The molecule has 0 spiro atoms. The van der Waals surface area contributed by atoms with E-state index >= 15 is 0 Å². The fraction of sp³-hybridized carbons (Fsp3) is 0.571. The zero-order chi connectivity index (χ0) is 11.0. The van der Waals surface area contributed by atoms with Gasteiger partial charge in [-0.15, -0.1) is 0 Å². The Morgan fingerprint density at radius 2 is 2.00 bits per heavy atom. The van der Waals surface area contributed by atoms with Crippen LogP contribution in [0, 0.1) is 13.8 Å². The van der Waals surface area contributed by atoms with E-state index in [0.29, 0.717) is 18.1 Å². The predicted octanol–water partition coefficient (Wildman–Crippen LogP) is 3.58. The topological polar surface area (TPSA) is 12.5 Å². The minimum absolute atomic E-state index is 0.484. The van der Waals surface area contributed by atoms with Crippen molar-refractivity contribution >= 4 is 0 Å². The van der Waals surface area contributed by atoms with Crippen LogP contribution in [-0.2, 0) is 4.74 Å². The van der Waals surface area contributed by atoms with Gasteiger partial charge in [-0.2, -0.15) is 0 Å². The smallest absolute Gasteiger partial charge is 0.0844 e. The van der Waals surface area contributed by atoms with Gasteiger partial charge in [0.15, 0.2) is 0 Å². The molecule has 1 aliphatic rings. The SMILES string of the molecule is Cc1cccc(C(C)CC2OC2C)c1C. The average molecular weight is 204 g/mol. The lowest BCUT2D eigenvalue weighted by atomic mass is 9.90. The van der Waals surface area contributed by atoms with Gasteiger partial charge < -0.3 is 4.74 Å². The van der Waals surface area contributed by atoms with E-state index in [9.17, 15) is 0 Å². The highest BCUT2D eigenvalue weighted by Crippen LogP contribution is 2.33. The standard InChI is InChI=1S/C14H20O/c1-9-6-5-7-13(11(9)3)10(2)8-14-12(4)15-14/h5-7,10,12,14H,8H2,1-4H3. The molecule has 1 saturated heterocycles. The molecule has 1 fully saturated rings. The van der Waals surface area contributed by atoms with Crippen molar-refractivity contribution in [1.82, 2.24) is 0 Å². The molecule has 0 N–H and O–H groups in total. The Balaban J connectivity index is 2.11. The van der Waals surface area contributed by atoms with Crippen LogP contribution in [0.3, 0.4) is 0 Å². The van der Waals surface area contributed by atoms with Gasteiger partial charge in [-0.25, -0.2) is 0 Å². The van der Waals surface area contributed by atoms with Gasteiger partial charge in [0.2, 0.25) is 0 Å². The quantitative estimate of drug-likeness (QED) is 0.685. The van der Waals surface area contributed by atoms with Crippen molar-refractivity contribution in [2.45, 2.75) is 52.2 Å². The van der Waals surface area contributed by atoms with Crippen LogP contribution in [0.4, 0.5) is 0 Å². The predicted molar refractivity (Wildman–Crippen MR) is 63.3 cm³/mol. The number of aryl methyl sites for hydroxylation is 1. The third-order valence-electron chi connectivity index (χ3n) is 3.60. The summed E-state index contributed by atoms with van der Waals surface area (Å²) in [5, 5.41) is 0. The first-order valence-corrected chi connectivity index (χ1v) is 5.81. The molecule has 1 aliphatic heterocycles. The molecular weight excluding hydrogens is 184 g/mol. The van der Waals surface area contributed by atoms with E-state index in [4.69, 9.17) is 4.74 Å². The largest absolute Gasteiger partial charge is 0.370 e. The van der Waals surface area contributed by atoms with Crippen LogP contribution in [-0.4, -0.2) is 12.2 Å². The van der Waals surface area contributed by atoms with Crippen LogP contribution in [0.2, 0.25) is 0 Å². The minimum Gasteiger partial charge on any atom is -0.370 e. The van der Waals surface area contributed by atoms with Gasteiger partial charge in [0.05, 0.1) is 12.2 Å². The average Bonchev–Trinajstić information content (AvgIpc) is 2.86. The summed E-state index contributed by atoms with van der Waals surface area (Å²) in [6, 6.07) is 6.59. The van der Waals surface area contributed by atoms with Crippen LogP contribution in [0.15, 0.2) is 18.2 Å². The number of benzene rings is 1. The Kier molecular flexibility index (Phi) is 2.83. The highest BCUT2D eigenvalue weighted by Gasteiger charge is 2.35. The molecule has 0 bridgehead atoms. The van der Waals surface area contributed by atoms with E-state index < -0.39 is 0 Å². The van der Waals surface area contributed by atoms with E-state index in [2.05, 4.69) is 45.9 Å². The summed E-state index contributed by atoms with van der Waals surface area (Å²) in [6.45, 7) is 8.86. The molecule has 0 saturated carbocycles. The van der Waals surface area contributed by atoms with Crippen LogP contribution in [0.1, 0.15) is 42.9 Å². The molecule has 1 heteroatoms. The van der Waals surface area contributed by atoms with E-state index in [1.165, 1.54) is 16.7 Å². The fourth-order valence-electron chi connectivity index (χ4n) is 2.26. The zero-order valence-corrected chi connectivity index (χ0v) is 10.1. The first kappa shape index (κ1) is 10.7. The van der Waals surface area contributed by atoms with Crippen molar-refractivity contribution in [3.8, 4) is 0 Å². The summed E-state index contributed by atoms with van der Waals surface area (Å²) in [4.78, 5) is 0. The minimum atomic E-state index is 0.484. The van der Waals surface area contributed by atoms with Crippen molar-refractivity contribution in [3.05, 3.63) is 34.9 Å². The van der Waals surface area contributed by atoms with E-state index in [0.717, 1.165) is 6.42 Å². The van der Waals surface area contributed by atoms with Gasteiger partial charge in [0.1, 0.15) is 0 Å². The maximum atomic E-state index is 5.48. The first-order valence-electron chi connectivity index (χ1n) is 5.81. The van der Waals surface area contributed by atoms with Crippen molar-refractivity contribution in [2.75, 3.05) is 0 Å². The Hall–Kier alpha value is -0.820. The van der Waals surface area contributed by atoms with E-state index in [-0.39, 0.29) is 0 Å². The van der Waals surface area contributed by atoms with Crippen molar-refractivity contribution in [3.63, 3.8) is 0 Å². The molecule has 0 radical (unpaired) electrons. The summed E-state index contributed by atoms with van der Waals surface area (Å²) >= 11 is 0. The van der Waals surface area contributed by atoms with Gasteiger partial charge in [-0.1, -0.05) is 25.1 Å². The number of ether oxygens (including phenoxy) is 1. The molecule has 1 nitrogen and oxygen atoms in total. The van der Waals surface area contributed by atoms with Gasteiger partial charge in [-0.3, -0.25) is 0 Å². The lowest BCUT2D eigenvalue weighted by Gasteiger charge is -2.15. The number of rotatable bonds is 3. The summed E-state index contributed by atoms with van der Waals surface area (Å²) in [7, 11) is 0. The Morgan fingerprint density at radius 3 is 2.60 bits per heavy atom. The second-order valence-corrected chi connectivity index (χ2v) is 4.81. The van der Waals surface area contributed by atoms with E-state index in [1.54, 1.807) is 0 Å². The van der Waals surface area contributed by atoms with Gasteiger partial charge >= 0.3 is 0 Å². The van der Waals surface area contributed by atoms with Gasteiger partial charge in [-0.05, 0) is 49.8 Å². The normalized spacial score (nSPS) is 26.4. The molecule has 3 unspecified atom stereocenters. The third-order valence-corrected chi connectivity index (χ3v) is 3.60. The number of hydrogen-bond acceptors (Lipinski definition) is 1. The first-order chi connectivity index (χ1) is 7.09. The molecule has 0 aromatic heterocycles. The molecule has 2 rings (SSSR count). The highest BCUT2D eigenvalue weighted by molar-refractivity contribution is 5.35. The lowest BCUT2D eigenvalue weighted by molar-refractivity contribution is 0.362. The molecule has 1 heterocycles. The van der Waals surface area contributed by atoms with E-state index in [1.807, 2.05) is 0 Å². The lowest BCUT2D eigenvalue weighted by Crippen LogP contribution is -2.02. The van der Waals surface area contributed by atoms with Crippen molar-refractivity contribution in [1.29, 1.82) is 0 Å². The molecular formula is C14H20O. The zero-order valence-electron chi connectivity index (χ0n) is 10.1. The van der Waals surface area contributed by atoms with Crippen LogP contribution in [0.5, 0.6) is 0 Å². The molecule has 0 amide bonds. The third kappa shape index (κ3) is 2.23. The Morgan fingerprint density at radius 1 is 1.33 bits per heavy atom. The fourth-order valence-corrected chi connectivity index (χ4v) is 2.26.